The topological polar surface area (TPSA) is 68.0 Å². The molecular weight excluding hydrogens is 389 g/mol. The third kappa shape index (κ3) is 4.74. The van der Waals surface area contributed by atoms with E-state index >= 15 is 0 Å². The summed E-state index contributed by atoms with van der Waals surface area (Å²) in [6.07, 6.45) is 0.562. The van der Waals surface area contributed by atoms with E-state index in [0.29, 0.717) is 19.5 Å². The van der Waals surface area contributed by atoms with Crippen LogP contribution in [-0.2, 0) is 16.6 Å². The first-order valence-electron chi connectivity index (χ1n) is 8.02. The number of hydrogen-bond donors (Lipinski definition) is 2. The molecule has 1 amide bonds. The van der Waals surface area contributed by atoms with E-state index in [1.54, 1.807) is 11.3 Å². The number of aromatic nitrogens is 1. The Labute approximate surface area is 170 Å². The van der Waals surface area contributed by atoms with Crippen molar-refractivity contribution in [2.75, 3.05) is 13.1 Å². The predicted molar refractivity (Wildman–Crippen MR) is 114 cm³/mol. The van der Waals surface area contributed by atoms with Crippen molar-refractivity contribution in [1.82, 2.24) is 10.3 Å². The van der Waals surface area contributed by atoms with E-state index in [2.05, 4.69) is 11.4 Å². The van der Waals surface area contributed by atoms with Gasteiger partial charge in [0.1, 0.15) is 0 Å². The minimum atomic E-state index is -0.676. The summed E-state index contributed by atoms with van der Waals surface area (Å²) >= 11 is 1.64. The number of benzene rings is 2. The number of fused-ring (bicyclic) bond motifs is 1. The summed E-state index contributed by atoms with van der Waals surface area (Å²) in [4.78, 5) is 17.6. The van der Waals surface area contributed by atoms with E-state index in [1.807, 2.05) is 55.5 Å². The van der Waals surface area contributed by atoms with Crippen molar-refractivity contribution < 1.29 is 4.79 Å². The molecule has 1 unspecified atom stereocenters. The van der Waals surface area contributed by atoms with Gasteiger partial charge < -0.3 is 11.1 Å². The van der Waals surface area contributed by atoms with Crippen LogP contribution in [0.3, 0.4) is 0 Å². The number of nitrogens with one attached hydrogen (secondary N) is 1. The highest BCUT2D eigenvalue weighted by Crippen LogP contribution is 2.32. The summed E-state index contributed by atoms with van der Waals surface area (Å²) in [5, 5.41) is 3.90. The largest absolute Gasteiger partial charge is 0.354 e. The molecule has 3 N–H and O–H groups in total. The average molecular weight is 412 g/mol. The van der Waals surface area contributed by atoms with Crippen LogP contribution >= 0.6 is 36.2 Å². The Bertz CT molecular complexity index is 808. The normalized spacial score (nSPS) is 12.5. The zero-order chi connectivity index (χ0) is 17.0. The van der Waals surface area contributed by atoms with Gasteiger partial charge in [-0.1, -0.05) is 42.5 Å². The molecule has 140 valence electrons. The van der Waals surface area contributed by atoms with Gasteiger partial charge in [-0.3, -0.25) is 4.79 Å². The number of halogens is 2. The van der Waals surface area contributed by atoms with Crippen molar-refractivity contribution in [3.63, 3.8) is 0 Å². The Balaban J connectivity index is 0.00000169. The van der Waals surface area contributed by atoms with Crippen LogP contribution in [0.15, 0.2) is 54.6 Å². The van der Waals surface area contributed by atoms with E-state index in [9.17, 15) is 4.79 Å². The highest BCUT2D eigenvalue weighted by molar-refractivity contribution is 7.18. The molecule has 2 aromatic carbocycles. The van der Waals surface area contributed by atoms with E-state index < -0.39 is 5.41 Å². The lowest BCUT2D eigenvalue weighted by atomic mass is 9.78. The maximum atomic E-state index is 12.9. The van der Waals surface area contributed by atoms with Crippen LogP contribution in [0.1, 0.15) is 17.5 Å². The van der Waals surface area contributed by atoms with E-state index in [0.717, 1.165) is 20.8 Å². The number of hydrogen-bond acceptors (Lipinski definition) is 4. The zero-order valence-electron chi connectivity index (χ0n) is 14.5. The first kappa shape index (κ1) is 22.4. The van der Waals surface area contributed by atoms with Crippen molar-refractivity contribution >= 4 is 52.3 Å². The van der Waals surface area contributed by atoms with Gasteiger partial charge in [0.2, 0.25) is 5.91 Å². The second kappa shape index (κ2) is 9.88. The van der Waals surface area contributed by atoms with Crippen LogP contribution in [-0.4, -0.2) is 24.0 Å². The molecule has 1 atom stereocenters. The highest BCUT2D eigenvalue weighted by atomic mass is 35.5. The number of carbonyl (C=O) groups excluding carboxylic acids is 1. The fraction of sp³-hybridized carbons (Fsp3) is 0.263. The summed E-state index contributed by atoms with van der Waals surface area (Å²) < 4.78 is 1.14. The summed E-state index contributed by atoms with van der Waals surface area (Å²) in [5.74, 6) is -0.0154. The van der Waals surface area contributed by atoms with E-state index in [4.69, 9.17) is 10.7 Å². The zero-order valence-corrected chi connectivity index (χ0v) is 16.9. The Hall–Kier alpha value is -1.66. The Kier molecular flexibility index (Phi) is 8.50. The van der Waals surface area contributed by atoms with Gasteiger partial charge in [-0.25, -0.2) is 4.98 Å². The quantitative estimate of drug-likeness (QED) is 0.649. The molecule has 0 aliphatic carbocycles. The molecule has 7 heteroatoms. The fourth-order valence-electron chi connectivity index (χ4n) is 2.80. The highest BCUT2D eigenvalue weighted by Gasteiger charge is 2.36. The van der Waals surface area contributed by atoms with Gasteiger partial charge in [-0.05, 0) is 24.6 Å². The lowest BCUT2D eigenvalue weighted by Gasteiger charge is -2.28. The third-order valence-electron chi connectivity index (χ3n) is 4.18. The van der Waals surface area contributed by atoms with Gasteiger partial charge >= 0.3 is 0 Å². The molecule has 0 bridgehead atoms. The molecule has 0 spiro atoms. The molecule has 3 aromatic rings. The van der Waals surface area contributed by atoms with Crippen molar-refractivity contribution in [3.05, 3.63) is 65.2 Å². The lowest BCUT2D eigenvalue weighted by Crippen LogP contribution is -2.45. The fourth-order valence-corrected chi connectivity index (χ4v) is 3.92. The number of thiazole rings is 1. The molecule has 0 saturated carbocycles. The van der Waals surface area contributed by atoms with Crippen LogP contribution in [0.4, 0.5) is 0 Å². The minimum Gasteiger partial charge on any atom is -0.354 e. The number of para-hydroxylation sites is 1. The summed E-state index contributed by atoms with van der Waals surface area (Å²) in [5.41, 5.74) is 6.83. The van der Waals surface area contributed by atoms with Gasteiger partial charge in [0.05, 0.1) is 20.6 Å². The second-order valence-electron chi connectivity index (χ2n) is 5.99. The first-order chi connectivity index (χ1) is 11.6. The molecule has 1 aromatic heterocycles. The van der Waals surface area contributed by atoms with Gasteiger partial charge in [-0.2, -0.15) is 0 Å². The van der Waals surface area contributed by atoms with Crippen molar-refractivity contribution in [2.24, 2.45) is 5.73 Å². The van der Waals surface area contributed by atoms with Crippen LogP contribution in [0.25, 0.3) is 10.2 Å². The lowest BCUT2D eigenvalue weighted by molar-refractivity contribution is -0.126. The second-order valence-corrected chi connectivity index (χ2v) is 7.11. The molecule has 0 aliphatic heterocycles. The Morgan fingerprint density at radius 2 is 1.77 bits per heavy atom. The number of carbonyl (C=O) groups is 1. The average Bonchev–Trinajstić information content (AvgIpc) is 3.02. The van der Waals surface area contributed by atoms with Crippen LogP contribution in [0.5, 0.6) is 0 Å². The van der Waals surface area contributed by atoms with Gasteiger partial charge in [-0.15, -0.1) is 36.2 Å². The van der Waals surface area contributed by atoms with Crippen molar-refractivity contribution in [1.29, 1.82) is 0 Å². The molecule has 3 rings (SSSR count). The summed E-state index contributed by atoms with van der Waals surface area (Å²) in [7, 11) is 0. The van der Waals surface area contributed by atoms with Gasteiger partial charge in [0.15, 0.2) is 0 Å². The van der Waals surface area contributed by atoms with Gasteiger partial charge in [0.25, 0.3) is 0 Å². The van der Waals surface area contributed by atoms with E-state index in [1.165, 1.54) is 0 Å². The van der Waals surface area contributed by atoms with Gasteiger partial charge in [0, 0.05) is 19.5 Å². The number of amides is 1. The van der Waals surface area contributed by atoms with Crippen molar-refractivity contribution in [3.8, 4) is 0 Å². The van der Waals surface area contributed by atoms with E-state index in [-0.39, 0.29) is 30.7 Å². The molecule has 0 saturated heterocycles. The predicted octanol–water partition coefficient (Wildman–Crippen LogP) is 3.72. The third-order valence-corrected chi connectivity index (χ3v) is 5.22. The maximum Gasteiger partial charge on any atom is 0.230 e. The molecule has 26 heavy (non-hydrogen) atoms. The number of nitrogens with two attached hydrogens (primary N) is 1. The summed E-state index contributed by atoms with van der Waals surface area (Å²) in [6, 6.07) is 17.9. The first-order valence-corrected chi connectivity index (χ1v) is 8.83. The number of nitrogens with zero attached hydrogens (tertiary/aromatic N) is 1. The molecular formula is C19H23Cl2N3OS. The maximum absolute atomic E-state index is 12.9. The van der Waals surface area contributed by atoms with Crippen LogP contribution < -0.4 is 11.1 Å². The molecule has 0 fully saturated rings. The minimum absolute atomic E-state index is 0. The number of rotatable bonds is 6. The Morgan fingerprint density at radius 1 is 1.12 bits per heavy atom. The molecule has 0 aliphatic rings. The monoisotopic (exact) mass is 411 g/mol. The summed E-state index contributed by atoms with van der Waals surface area (Å²) in [6.45, 7) is 2.87. The molecule has 4 nitrogen and oxygen atoms in total. The van der Waals surface area contributed by atoms with Crippen LogP contribution in [0.2, 0.25) is 0 Å². The SMILES string of the molecule is CC(Cc1nc2ccccc2s1)(C(=O)NCCN)c1ccccc1.Cl.Cl. The van der Waals surface area contributed by atoms with Crippen molar-refractivity contribution in [2.45, 2.75) is 18.8 Å². The standard InChI is InChI=1S/C19H21N3OS.2ClH/c1-19(18(23)21-12-11-20,14-7-3-2-4-8-14)13-17-22-15-9-5-6-10-16(15)24-17;;/h2-10H,11-13,20H2,1H3,(H,21,23);2*1H. The van der Waals surface area contributed by atoms with Crippen LogP contribution in [0, 0.1) is 0 Å². The molecule has 0 radical (unpaired) electrons. The Morgan fingerprint density at radius 3 is 2.42 bits per heavy atom. The smallest absolute Gasteiger partial charge is 0.230 e. The molecule has 1 heterocycles.